The molecule has 2 amide bonds. The normalized spacial score (nSPS) is 10.5. The van der Waals surface area contributed by atoms with Crippen molar-refractivity contribution in [1.29, 1.82) is 0 Å². The van der Waals surface area contributed by atoms with Gasteiger partial charge in [0.25, 0.3) is 0 Å². The molecular formula is C12H20N2O5. The molecule has 0 radical (unpaired) electrons. The second-order valence-electron chi connectivity index (χ2n) is 3.95. The zero-order valence-electron chi connectivity index (χ0n) is 11.4. The van der Waals surface area contributed by atoms with Gasteiger partial charge in [0, 0.05) is 18.7 Å². The molecule has 0 heterocycles. The summed E-state index contributed by atoms with van der Waals surface area (Å²) >= 11 is 0. The predicted molar refractivity (Wildman–Crippen MR) is 68.6 cm³/mol. The van der Waals surface area contributed by atoms with E-state index in [-0.39, 0.29) is 25.7 Å². The number of nitrogens with one attached hydrogen (secondary N) is 1. The number of ether oxygens (including phenoxy) is 1. The SMILES string of the molecule is CCOC(=O)CN(C(=O)NC/C=C/C(=O)O)C(C)C. The fraction of sp³-hybridized carbons (Fsp3) is 0.583. The number of carbonyl (C=O) groups excluding carboxylic acids is 2. The number of amides is 2. The van der Waals surface area contributed by atoms with Crippen LogP contribution in [0.2, 0.25) is 0 Å². The van der Waals surface area contributed by atoms with E-state index in [0.717, 1.165) is 6.08 Å². The summed E-state index contributed by atoms with van der Waals surface area (Å²) in [5.41, 5.74) is 0. The van der Waals surface area contributed by atoms with Gasteiger partial charge in [0.15, 0.2) is 0 Å². The van der Waals surface area contributed by atoms with Crippen molar-refractivity contribution in [2.45, 2.75) is 26.8 Å². The van der Waals surface area contributed by atoms with Crippen LogP contribution in [0.5, 0.6) is 0 Å². The first-order valence-electron chi connectivity index (χ1n) is 5.98. The van der Waals surface area contributed by atoms with Gasteiger partial charge >= 0.3 is 18.0 Å². The molecule has 108 valence electrons. The maximum absolute atomic E-state index is 11.8. The first kappa shape index (κ1) is 16.9. The number of hydrogen-bond acceptors (Lipinski definition) is 4. The van der Waals surface area contributed by atoms with Crippen molar-refractivity contribution in [2.75, 3.05) is 19.7 Å². The van der Waals surface area contributed by atoms with Crippen LogP contribution in [0, 0.1) is 0 Å². The number of urea groups is 1. The van der Waals surface area contributed by atoms with Gasteiger partial charge in [0.05, 0.1) is 6.61 Å². The summed E-state index contributed by atoms with van der Waals surface area (Å²) in [6.07, 6.45) is 2.24. The Labute approximate surface area is 112 Å². The average Bonchev–Trinajstić information content (AvgIpc) is 2.31. The summed E-state index contributed by atoms with van der Waals surface area (Å²) in [5, 5.41) is 10.9. The average molecular weight is 272 g/mol. The molecule has 0 unspecified atom stereocenters. The number of carbonyl (C=O) groups is 3. The molecular weight excluding hydrogens is 252 g/mol. The third-order valence-electron chi connectivity index (χ3n) is 2.12. The van der Waals surface area contributed by atoms with E-state index in [1.807, 2.05) is 0 Å². The number of carboxylic acids is 1. The van der Waals surface area contributed by atoms with Crippen LogP contribution in [-0.4, -0.2) is 53.7 Å². The zero-order chi connectivity index (χ0) is 14.8. The van der Waals surface area contributed by atoms with Gasteiger partial charge in [-0.1, -0.05) is 6.08 Å². The van der Waals surface area contributed by atoms with E-state index in [2.05, 4.69) is 5.32 Å². The van der Waals surface area contributed by atoms with E-state index < -0.39 is 18.0 Å². The molecule has 0 aliphatic carbocycles. The van der Waals surface area contributed by atoms with E-state index in [1.54, 1.807) is 20.8 Å². The lowest BCUT2D eigenvalue weighted by atomic mass is 10.3. The molecule has 7 heteroatoms. The fourth-order valence-electron chi connectivity index (χ4n) is 1.24. The molecule has 0 aromatic rings. The highest BCUT2D eigenvalue weighted by molar-refractivity contribution is 5.82. The predicted octanol–water partition coefficient (Wildman–Crippen LogP) is 0.610. The molecule has 0 aliphatic heterocycles. The Hall–Kier alpha value is -2.05. The van der Waals surface area contributed by atoms with Gasteiger partial charge in [-0.15, -0.1) is 0 Å². The number of nitrogens with zero attached hydrogens (tertiary/aromatic N) is 1. The Morgan fingerprint density at radius 1 is 1.37 bits per heavy atom. The molecule has 0 fully saturated rings. The van der Waals surface area contributed by atoms with Gasteiger partial charge in [-0.3, -0.25) is 4.79 Å². The number of esters is 1. The Morgan fingerprint density at radius 2 is 2.00 bits per heavy atom. The summed E-state index contributed by atoms with van der Waals surface area (Å²) < 4.78 is 4.78. The van der Waals surface area contributed by atoms with E-state index >= 15 is 0 Å². The summed E-state index contributed by atoms with van der Waals surface area (Å²) in [5.74, 6) is -1.56. The highest BCUT2D eigenvalue weighted by atomic mass is 16.5. The molecule has 0 aromatic heterocycles. The molecule has 0 saturated carbocycles. The smallest absolute Gasteiger partial charge is 0.328 e. The van der Waals surface area contributed by atoms with Crippen LogP contribution in [0.4, 0.5) is 4.79 Å². The Kier molecular flexibility index (Phi) is 7.99. The van der Waals surface area contributed by atoms with Crippen LogP contribution in [-0.2, 0) is 14.3 Å². The highest BCUT2D eigenvalue weighted by Crippen LogP contribution is 1.99. The number of hydrogen-bond donors (Lipinski definition) is 2. The summed E-state index contributed by atoms with van der Waals surface area (Å²) in [6.45, 7) is 5.43. The lowest BCUT2D eigenvalue weighted by molar-refractivity contribution is -0.144. The molecule has 19 heavy (non-hydrogen) atoms. The summed E-state index contributed by atoms with van der Waals surface area (Å²) in [4.78, 5) is 34.7. The molecule has 0 saturated heterocycles. The van der Waals surface area contributed by atoms with Crippen LogP contribution in [0.25, 0.3) is 0 Å². The van der Waals surface area contributed by atoms with Crippen LogP contribution >= 0.6 is 0 Å². The molecule has 2 N–H and O–H groups in total. The van der Waals surface area contributed by atoms with Crippen molar-refractivity contribution >= 4 is 18.0 Å². The van der Waals surface area contributed by atoms with Crippen LogP contribution in [0.3, 0.4) is 0 Å². The minimum Gasteiger partial charge on any atom is -0.478 e. The van der Waals surface area contributed by atoms with E-state index in [9.17, 15) is 14.4 Å². The van der Waals surface area contributed by atoms with Crippen LogP contribution < -0.4 is 5.32 Å². The van der Waals surface area contributed by atoms with Crippen molar-refractivity contribution in [3.05, 3.63) is 12.2 Å². The third kappa shape index (κ3) is 7.80. The van der Waals surface area contributed by atoms with Gasteiger partial charge < -0.3 is 20.1 Å². The third-order valence-corrected chi connectivity index (χ3v) is 2.12. The van der Waals surface area contributed by atoms with Gasteiger partial charge in [0.2, 0.25) is 0 Å². The van der Waals surface area contributed by atoms with Gasteiger partial charge in [-0.05, 0) is 20.8 Å². The lowest BCUT2D eigenvalue weighted by Gasteiger charge is -2.25. The molecule has 0 atom stereocenters. The fourth-order valence-corrected chi connectivity index (χ4v) is 1.24. The second-order valence-corrected chi connectivity index (χ2v) is 3.95. The molecule has 0 aliphatic rings. The second kappa shape index (κ2) is 8.96. The largest absolute Gasteiger partial charge is 0.478 e. The number of rotatable bonds is 7. The molecule has 0 bridgehead atoms. The van der Waals surface area contributed by atoms with E-state index in [1.165, 1.54) is 11.0 Å². The standard InChI is InChI=1S/C12H20N2O5/c1-4-19-11(17)8-14(9(2)3)12(18)13-7-5-6-10(15)16/h5-6,9H,4,7-8H2,1-3H3,(H,13,18)(H,15,16)/b6-5+. The molecule has 0 spiro atoms. The van der Waals surface area contributed by atoms with Crippen LogP contribution in [0.1, 0.15) is 20.8 Å². The molecule has 7 nitrogen and oxygen atoms in total. The van der Waals surface area contributed by atoms with Crippen molar-refractivity contribution in [3.63, 3.8) is 0 Å². The van der Waals surface area contributed by atoms with Crippen molar-refractivity contribution in [1.82, 2.24) is 10.2 Å². The van der Waals surface area contributed by atoms with Crippen molar-refractivity contribution in [2.24, 2.45) is 0 Å². The van der Waals surface area contributed by atoms with Crippen LogP contribution in [0.15, 0.2) is 12.2 Å². The lowest BCUT2D eigenvalue weighted by Crippen LogP contribution is -2.46. The Morgan fingerprint density at radius 3 is 2.47 bits per heavy atom. The first-order chi connectivity index (χ1) is 8.88. The number of aliphatic carboxylic acids is 1. The maximum atomic E-state index is 11.8. The van der Waals surface area contributed by atoms with Gasteiger partial charge in [0.1, 0.15) is 6.54 Å². The minimum absolute atomic E-state index is 0.0805. The van der Waals surface area contributed by atoms with E-state index in [4.69, 9.17) is 9.84 Å². The molecule has 0 rings (SSSR count). The monoisotopic (exact) mass is 272 g/mol. The Balaban J connectivity index is 4.34. The quantitative estimate of drug-likeness (QED) is 0.523. The van der Waals surface area contributed by atoms with Crippen molar-refractivity contribution in [3.8, 4) is 0 Å². The Bertz CT molecular complexity index is 352. The van der Waals surface area contributed by atoms with Gasteiger partial charge in [-0.25, -0.2) is 9.59 Å². The summed E-state index contributed by atoms with van der Waals surface area (Å²) in [6, 6.07) is -0.619. The summed E-state index contributed by atoms with van der Waals surface area (Å²) in [7, 11) is 0. The highest BCUT2D eigenvalue weighted by Gasteiger charge is 2.19. The van der Waals surface area contributed by atoms with Crippen molar-refractivity contribution < 1.29 is 24.2 Å². The van der Waals surface area contributed by atoms with E-state index in [0.29, 0.717) is 0 Å². The topological polar surface area (TPSA) is 95.9 Å². The maximum Gasteiger partial charge on any atom is 0.328 e. The van der Waals surface area contributed by atoms with Gasteiger partial charge in [-0.2, -0.15) is 0 Å². The molecule has 0 aromatic carbocycles. The zero-order valence-corrected chi connectivity index (χ0v) is 11.4. The number of carboxylic acid groups (broad SMARTS) is 1. The first-order valence-corrected chi connectivity index (χ1v) is 5.98. The minimum atomic E-state index is -1.08.